The third-order valence-electron chi connectivity index (χ3n) is 1.85. The van der Waals surface area contributed by atoms with Crippen molar-refractivity contribution in [2.75, 3.05) is 6.54 Å². The molecule has 0 rings (SSSR count). The second kappa shape index (κ2) is 5.36. The van der Waals surface area contributed by atoms with Gasteiger partial charge in [0.1, 0.15) is 0 Å². The number of allylic oxidation sites excluding steroid dienone is 1. The molecule has 0 atom stereocenters. The zero-order valence-corrected chi connectivity index (χ0v) is 9.20. The molecule has 0 amide bonds. The fraction of sp³-hybridized carbons (Fsp3) is 0.818. The van der Waals surface area contributed by atoms with Crippen LogP contribution in [-0.4, -0.2) is 12.1 Å². The SMILES string of the molecule is CCC(C)=CCCNC(C)(C)C. The first kappa shape index (κ1) is 11.7. The topological polar surface area (TPSA) is 12.0 Å². The van der Waals surface area contributed by atoms with E-state index in [-0.39, 0.29) is 5.54 Å². The summed E-state index contributed by atoms with van der Waals surface area (Å²) in [5, 5.41) is 3.46. The highest BCUT2D eigenvalue weighted by Gasteiger charge is 2.06. The van der Waals surface area contributed by atoms with Crippen LogP contribution in [0.5, 0.6) is 0 Å². The quantitative estimate of drug-likeness (QED) is 0.503. The molecule has 0 spiro atoms. The van der Waals surface area contributed by atoms with Crippen molar-refractivity contribution in [2.45, 2.75) is 53.0 Å². The van der Waals surface area contributed by atoms with Crippen molar-refractivity contribution in [3.05, 3.63) is 11.6 Å². The molecule has 12 heavy (non-hydrogen) atoms. The Hall–Kier alpha value is -0.300. The zero-order valence-electron chi connectivity index (χ0n) is 9.20. The van der Waals surface area contributed by atoms with Crippen LogP contribution in [0, 0.1) is 0 Å². The molecule has 0 aromatic heterocycles. The van der Waals surface area contributed by atoms with Gasteiger partial charge >= 0.3 is 0 Å². The molecule has 0 saturated carbocycles. The van der Waals surface area contributed by atoms with Crippen molar-refractivity contribution >= 4 is 0 Å². The minimum absolute atomic E-state index is 0.258. The second-order valence-corrected chi connectivity index (χ2v) is 4.37. The lowest BCUT2D eigenvalue weighted by molar-refractivity contribution is 0.431. The van der Waals surface area contributed by atoms with Gasteiger partial charge in [-0.3, -0.25) is 0 Å². The zero-order chi connectivity index (χ0) is 9.61. The molecule has 72 valence electrons. The Bertz CT molecular complexity index is 140. The molecular formula is C11H23N. The predicted molar refractivity (Wildman–Crippen MR) is 56.4 cm³/mol. The van der Waals surface area contributed by atoms with E-state index in [1.165, 1.54) is 12.0 Å². The van der Waals surface area contributed by atoms with Crippen LogP contribution in [-0.2, 0) is 0 Å². The highest BCUT2D eigenvalue weighted by molar-refractivity contribution is 4.96. The van der Waals surface area contributed by atoms with E-state index in [0.717, 1.165) is 13.0 Å². The molecule has 1 heteroatoms. The minimum atomic E-state index is 0.258. The summed E-state index contributed by atoms with van der Waals surface area (Å²) in [6, 6.07) is 0. The largest absolute Gasteiger partial charge is 0.312 e. The Morgan fingerprint density at radius 2 is 1.92 bits per heavy atom. The van der Waals surface area contributed by atoms with Crippen LogP contribution in [0.15, 0.2) is 11.6 Å². The first-order chi connectivity index (χ1) is 5.45. The van der Waals surface area contributed by atoms with E-state index in [4.69, 9.17) is 0 Å². The fourth-order valence-electron chi connectivity index (χ4n) is 0.910. The average molecular weight is 169 g/mol. The van der Waals surface area contributed by atoms with Crippen molar-refractivity contribution in [1.29, 1.82) is 0 Å². The molecule has 0 radical (unpaired) electrons. The van der Waals surface area contributed by atoms with Crippen molar-refractivity contribution in [3.8, 4) is 0 Å². The van der Waals surface area contributed by atoms with E-state index < -0.39 is 0 Å². The molecule has 0 saturated heterocycles. The molecule has 0 aliphatic carbocycles. The number of rotatable bonds is 4. The van der Waals surface area contributed by atoms with Gasteiger partial charge in [0.15, 0.2) is 0 Å². The van der Waals surface area contributed by atoms with E-state index in [9.17, 15) is 0 Å². The molecule has 1 nitrogen and oxygen atoms in total. The van der Waals surface area contributed by atoms with Crippen LogP contribution in [0.25, 0.3) is 0 Å². The molecule has 0 bridgehead atoms. The number of hydrogen-bond donors (Lipinski definition) is 1. The summed E-state index contributed by atoms with van der Waals surface area (Å²) < 4.78 is 0. The Labute approximate surface area is 77.2 Å². The van der Waals surface area contributed by atoms with Gasteiger partial charge in [-0.25, -0.2) is 0 Å². The average Bonchev–Trinajstić information content (AvgIpc) is 1.96. The number of hydrogen-bond acceptors (Lipinski definition) is 1. The molecule has 0 aliphatic heterocycles. The summed E-state index contributed by atoms with van der Waals surface area (Å²) in [6.45, 7) is 12.1. The molecule has 0 unspecified atom stereocenters. The normalized spacial score (nSPS) is 13.6. The van der Waals surface area contributed by atoms with E-state index >= 15 is 0 Å². The number of nitrogens with one attached hydrogen (secondary N) is 1. The Balaban J connectivity index is 3.45. The first-order valence-electron chi connectivity index (χ1n) is 4.86. The predicted octanol–water partition coefficient (Wildman–Crippen LogP) is 3.12. The van der Waals surface area contributed by atoms with Gasteiger partial charge in [-0.05, 0) is 47.1 Å². The summed E-state index contributed by atoms with van der Waals surface area (Å²) in [5.41, 5.74) is 1.75. The second-order valence-electron chi connectivity index (χ2n) is 4.37. The molecule has 0 fully saturated rings. The molecule has 0 aromatic rings. The van der Waals surface area contributed by atoms with E-state index in [0.29, 0.717) is 0 Å². The van der Waals surface area contributed by atoms with Crippen molar-refractivity contribution in [2.24, 2.45) is 0 Å². The van der Waals surface area contributed by atoms with Crippen molar-refractivity contribution in [3.63, 3.8) is 0 Å². The lowest BCUT2D eigenvalue weighted by Crippen LogP contribution is -2.36. The Morgan fingerprint density at radius 3 is 2.33 bits per heavy atom. The van der Waals surface area contributed by atoms with Gasteiger partial charge in [-0.15, -0.1) is 0 Å². The molecular weight excluding hydrogens is 146 g/mol. The summed E-state index contributed by atoms with van der Waals surface area (Å²) in [4.78, 5) is 0. The highest BCUT2D eigenvalue weighted by Crippen LogP contribution is 2.01. The van der Waals surface area contributed by atoms with Gasteiger partial charge in [-0.1, -0.05) is 18.6 Å². The standard InChI is InChI=1S/C11H23N/c1-6-10(2)8-7-9-12-11(3,4)5/h8,12H,6-7,9H2,1-5H3. The van der Waals surface area contributed by atoms with Gasteiger partial charge in [0.2, 0.25) is 0 Å². The van der Waals surface area contributed by atoms with Gasteiger partial charge in [0.25, 0.3) is 0 Å². The maximum Gasteiger partial charge on any atom is 0.00966 e. The van der Waals surface area contributed by atoms with E-state index in [1.807, 2.05) is 0 Å². The van der Waals surface area contributed by atoms with Gasteiger partial charge in [0, 0.05) is 5.54 Å². The maximum absolute atomic E-state index is 3.46. The van der Waals surface area contributed by atoms with E-state index in [2.05, 4.69) is 46.0 Å². The fourth-order valence-corrected chi connectivity index (χ4v) is 0.910. The third kappa shape index (κ3) is 7.80. The molecule has 1 N–H and O–H groups in total. The third-order valence-corrected chi connectivity index (χ3v) is 1.85. The highest BCUT2D eigenvalue weighted by atomic mass is 14.9. The maximum atomic E-state index is 3.46. The van der Waals surface area contributed by atoms with Gasteiger partial charge in [0.05, 0.1) is 0 Å². The minimum Gasteiger partial charge on any atom is -0.312 e. The van der Waals surface area contributed by atoms with Crippen LogP contribution in [0.3, 0.4) is 0 Å². The lowest BCUT2D eigenvalue weighted by Gasteiger charge is -2.19. The van der Waals surface area contributed by atoms with Crippen molar-refractivity contribution in [1.82, 2.24) is 5.32 Å². The Morgan fingerprint density at radius 1 is 1.33 bits per heavy atom. The lowest BCUT2D eigenvalue weighted by atomic mass is 10.1. The molecule has 0 aromatic carbocycles. The van der Waals surface area contributed by atoms with Crippen molar-refractivity contribution < 1.29 is 0 Å². The van der Waals surface area contributed by atoms with Crippen LogP contribution < -0.4 is 5.32 Å². The first-order valence-corrected chi connectivity index (χ1v) is 4.86. The summed E-state index contributed by atoms with van der Waals surface area (Å²) in [5.74, 6) is 0. The summed E-state index contributed by atoms with van der Waals surface area (Å²) in [6.07, 6.45) is 4.64. The van der Waals surface area contributed by atoms with Crippen LogP contribution >= 0.6 is 0 Å². The monoisotopic (exact) mass is 169 g/mol. The van der Waals surface area contributed by atoms with Crippen LogP contribution in [0.2, 0.25) is 0 Å². The smallest absolute Gasteiger partial charge is 0.00966 e. The Kier molecular flexibility index (Phi) is 5.23. The van der Waals surface area contributed by atoms with Gasteiger partial charge < -0.3 is 5.32 Å². The van der Waals surface area contributed by atoms with Gasteiger partial charge in [-0.2, -0.15) is 0 Å². The summed E-state index contributed by atoms with van der Waals surface area (Å²) >= 11 is 0. The molecule has 0 heterocycles. The van der Waals surface area contributed by atoms with Crippen LogP contribution in [0.4, 0.5) is 0 Å². The summed E-state index contributed by atoms with van der Waals surface area (Å²) in [7, 11) is 0. The van der Waals surface area contributed by atoms with Crippen LogP contribution in [0.1, 0.15) is 47.5 Å². The molecule has 0 aliphatic rings. The van der Waals surface area contributed by atoms with E-state index in [1.54, 1.807) is 0 Å².